The van der Waals surface area contributed by atoms with Gasteiger partial charge in [0.1, 0.15) is 6.10 Å². The number of methoxy groups -OCH3 is 1. The molecule has 1 atom stereocenters. The lowest BCUT2D eigenvalue weighted by molar-refractivity contribution is -0.147. The molecule has 0 bridgehead atoms. The van der Waals surface area contributed by atoms with Gasteiger partial charge in [0.15, 0.2) is 0 Å². The molecule has 1 unspecified atom stereocenters. The van der Waals surface area contributed by atoms with Crippen LogP contribution in [0.4, 0.5) is 0 Å². The smallest absolute Gasteiger partial charge is 0.210 e. The van der Waals surface area contributed by atoms with Gasteiger partial charge in [0.2, 0.25) is 17.2 Å². The van der Waals surface area contributed by atoms with E-state index in [-0.39, 0.29) is 231 Å². The zero-order chi connectivity index (χ0) is 62.5. The molecule has 0 saturated heterocycles. The summed E-state index contributed by atoms with van der Waals surface area (Å²) in [5, 5.41) is 51.1. The Morgan fingerprint density at radius 1 is 0.264 bits per heavy atom. The molecule has 72 heavy (non-hydrogen) atoms. The highest BCUT2D eigenvalue weighted by Gasteiger charge is 2.37. The second-order valence-electron chi connectivity index (χ2n) is 15.6. The molecule has 0 aliphatic rings. The molecule has 0 aliphatic carbocycles. The largest absolute Gasteiger partial charge is 0.394 e. The first-order chi connectivity index (χ1) is 41.2. The van der Waals surface area contributed by atoms with Gasteiger partial charge in [-0.2, -0.15) is 0 Å². The van der Waals surface area contributed by atoms with Crippen molar-refractivity contribution in [3.8, 4) is 0 Å². The van der Waals surface area contributed by atoms with Gasteiger partial charge in [0, 0.05) is 7.11 Å². The van der Waals surface area contributed by atoms with Gasteiger partial charge < -0.3 is 132 Å². The minimum Gasteiger partial charge on any atom is -0.394 e. The van der Waals surface area contributed by atoms with Crippen LogP contribution in [-0.4, -0.2) is 356 Å². The van der Waals surface area contributed by atoms with Crippen LogP contribution in [0.2, 0.25) is 0 Å². The molecule has 27 nitrogen and oxygen atoms in total. The number of hydrogen-bond acceptors (Lipinski definition) is 27. The van der Waals surface area contributed by atoms with Crippen molar-refractivity contribution in [2.75, 3.05) is 271 Å². The number of hydrogen-bond donors (Lipinski definition) is 12. The van der Waals surface area contributed by atoms with Crippen molar-refractivity contribution in [1.82, 2.24) is 0 Å². The Morgan fingerprint density at radius 2 is 0.472 bits per heavy atom. The highest BCUT2D eigenvalue weighted by molar-refractivity contribution is 4.83. The Labute approximate surface area is 443 Å². The van der Waals surface area contributed by atoms with Crippen molar-refractivity contribution in [3.05, 3.63) is 0 Å². The minimum atomic E-state index is -0.850. The molecular formula is C45H96O27. The van der Waals surface area contributed by atoms with Gasteiger partial charge in [0.25, 0.3) is 0 Å². The number of ether oxygens (including phenoxy) is 15. The average Bonchev–Trinajstić information content (AvgIpc) is 3.59. The van der Waals surface area contributed by atoms with Crippen molar-refractivity contribution < 1.29 is 132 Å². The van der Waals surface area contributed by atoms with E-state index in [1.54, 1.807) is 7.11 Å². The number of aliphatic hydroxyl groups excluding tert-OH is 12. The molecule has 0 heterocycles. The van der Waals surface area contributed by atoms with Crippen molar-refractivity contribution >= 4 is 0 Å². The van der Waals surface area contributed by atoms with Crippen molar-refractivity contribution in [2.45, 2.75) is 6.10 Å². The summed E-state index contributed by atoms with van der Waals surface area (Å²) in [6, 6.07) is 0. The lowest BCUT2D eigenvalue weighted by Gasteiger charge is -2.36. The third-order valence-corrected chi connectivity index (χ3v) is 8.88. The van der Waals surface area contributed by atoms with E-state index in [2.05, 4.69) is 61.3 Å². The average molecular weight is 1090 g/mol. The summed E-state index contributed by atoms with van der Waals surface area (Å²) in [7, 11) is 1.60. The highest BCUT2D eigenvalue weighted by atomic mass is 16.6. The second kappa shape index (κ2) is 59.2. The third-order valence-electron chi connectivity index (χ3n) is 8.88. The Hall–Kier alpha value is -1.08. The summed E-state index contributed by atoms with van der Waals surface area (Å²) in [6.07, 6.45) is -0.234. The van der Waals surface area contributed by atoms with Crippen LogP contribution >= 0.6 is 0 Å². The van der Waals surface area contributed by atoms with Crippen LogP contribution in [-0.2, 0) is 71.1 Å². The molecule has 27 heteroatoms. The van der Waals surface area contributed by atoms with Gasteiger partial charge in [-0.25, -0.2) is 0 Å². The van der Waals surface area contributed by atoms with Crippen LogP contribution in [0.15, 0.2) is 0 Å². The number of rotatable bonds is 68. The van der Waals surface area contributed by atoms with Crippen molar-refractivity contribution in [3.63, 3.8) is 0 Å². The third kappa shape index (κ3) is 47.4. The Bertz CT molecular complexity index is 1080. The standard InChI is InChI=1S/C22H46O13.C13H28O8.C10H22O6/c23-1-7-29-13-21(14-30-8-2-24,15-31-9-3-25)19-35-20-22(16-32-10-4-26,17-33-11-5-27)18-34-12-6-28;14-1-5-18-9-13(10-19-6-2-15,11-20-7-3-16)12-21-8-4-17;1-13-6-7-15-9-10(16-5-3-12)8-14-4-2-11/h23-28H,1-20H2;14-17H,1-12H2;10-12H,2-9H2,1H3/i23T,24T,25T,26T,27T,28T;14T,15T,16T,17T;11T,12T. The summed E-state index contributed by atoms with van der Waals surface area (Å²) in [5.74, 6) is 0. The fraction of sp³-hybridized carbons (Fsp3) is 1.00. The van der Waals surface area contributed by atoms with Crippen LogP contribution in [0, 0.1) is 16.2 Å². The van der Waals surface area contributed by atoms with Crippen LogP contribution in [0.3, 0.4) is 0 Å². The van der Waals surface area contributed by atoms with Gasteiger partial charge in [-0.15, -0.1) is 0 Å². The van der Waals surface area contributed by atoms with Crippen LogP contribution in [0.5, 0.6) is 0 Å². The molecule has 0 radical (unpaired) electrons. The highest BCUT2D eigenvalue weighted by Crippen LogP contribution is 2.26. The van der Waals surface area contributed by atoms with Crippen LogP contribution < -0.4 is 0 Å². The Balaban J connectivity index is -0.00000129. The van der Waals surface area contributed by atoms with Crippen LogP contribution in [0.1, 0.15) is 0 Å². The molecule has 0 aromatic carbocycles. The molecule has 0 aromatic rings. The molecule has 0 saturated carbocycles. The zero-order valence-corrected chi connectivity index (χ0v) is 42.4. The zero-order valence-electron chi connectivity index (χ0n) is 54.4. The van der Waals surface area contributed by atoms with Gasteiger partial charge >= 0.3 is 0 Å². The second-order valence-corrected chi connectivity index (χ2v) is 15.6. The maximum atomic E-state index is 6.87. The molecule has 0 aliphatic heterocycles. The normalized spacial score (nSPS) is 14.6. The molecule has 0 spiro atoms. The quantitative estimate of drug-likeness (QED) is 0.0252. The van der Waals surface area contributed by atoms with E-state index in [0.717, 1.165) is 0 Å². The molecule has 12 N–H and O–H groups in total. The first-order valence-electron chi connectivity index (χ1n) is 28.6. The molecular weight excluding hydrogens is 972 g/mol. The van der Waals surface area contributed by atoms with Crippen molar-refractivity contribution in [2.24, 2.45) is 16.2 Å². The first-order valence-corrected chi connectivity index (χ1v) is 23.8. The Morgan fingerprint density at radius 3 is 0.708 bits per heavy atom. The van der Waals surface area contributed by atoms with Gasteiger partial charge in [-0.05, 0) is 0 Å². The van der Waals surface area contributed by atoms with Crippen LogP contribution in [0.25, 0.3) is 0 Å². The van der Waals surface area contributed by atoms with Gasteiger partial charge in [-0.3, -0.25) is 0 Å². The molecule has 0 fully saturated rings. The fourth-order valence-corrected chi connectivity index (χ4v) is 5.70. The van der Waals surface area contributed by atoms with E-state index in [9.17, 15) is 0 Å². The van der Waals surface area contributed by atoms with E-state index in [1.807, 2.05) is 0 Å². The molecule has 438 valence electrons. The fourth-order valence-electron chi connectivity index (χ4n) is 5.70. The summed E-state index contributed by atoms with van der Waals surface area (Å²) >= 11 is 0. The SMILES string of the molecule is [3H]OCCOCC(COCCOC)OCCO[3H].[3H]OCCOCC(COCCO[3H])(COCCO[3H])COCC(COCCO[3H])(COCCO[3H])COCCO[3H].[3H]OCCOCC(COCCO[3H])(COCCO[3H])COCCO[3H]. The van der Waals surface area contributed by atoms with Gasteiger partial charge in [-0.1, -0.05) is 0 Å². The summed E-state index contributed by atoms with van der Waals surface area (Å²) in [4.78, 5) is 0. The maximum Gasteiger partial charge on any atom is 0.210 e. The van der Waals surface area contributed by atoms with E-state index in [4.69, 9.17) is 88.2 Å². The molecule has 0 amide bonds. The molecule has 0 aromatic heterocycles. The summed E-state index contributed by atoms with van der Waals surface area (Å²) in [6.45, 7) is 7.10. The summed E-state index contributed by atoms with van der Waals surface area (Å²) < 4.78 is 164. The monoisotopic (exact) mass is 1090 g/mol. The summed E-state index contributed by atoms with van der Waals surface area (Å²) in [5.41, 5.74) is -2.36. The lowest BCUT2D eigenvalue weighted by atomic mass is 9.90. The minimum absolute atomic E-state index is 0.0548. The van der Waals surface area contributed by atoms with E-state index in [1.165, 1.54) is 0 Å². The predicted octanol–water partition coefficient (Wildman–Crippen LogP) is -5.93. The van der Waals surface area contributed by atoms with E-state index < -0.39 is 16.2 Å². The van der Waals surface area contributed by atoms with E-state index >= 15 is 0 Å². The Kier molecular flexibility index (Phi) is 44.6. The lowest BCUT2D eigenvalue weighted by Crippen LogP contribution is -2.46. The first kappa shape index (κ1) is 54.3. The van der Waals surface area contributed by atoms with E-state index in [0.29, 0.717) is 39.6 Å². The van der Waals surface area contributed by atoms with Crippen molar-refractivity contribution in [1.29, 1.82) is 17.2 Å². The van der Waals surface area contributed by atoms with Gasteiger partial charge in [0.05, 0.1) is 281 Å². The molecule has 0 rings (SSSR count). The predicted molar refractivity (Wildman–Crippen MR) is 255 cm³/mol. The number of aliphatic hydroxyl groups is 12. The topological polar surface area (TPSA) is 381 Å². The maximum absolute atomic E-state index is 6.87.